The largest absolute Gasteiger partial charge is 0.387 e. The zero-order valence-corrected chi connectivity index (χ0v) is 11.2. The van der Waals surface area contributed by atoms with Crippen molar-refractivity contribution in [2.75, 3.05) is 12.4 Å². The Labute approximate surface area is 112 Å². The lowest BCUT2D eigenvalue weighted by Gasteiger charge is -2.07. The van der Waals surface area contributed by atoms with Crippen molar-refractivity contribution in [3.05, 3.63) is 56.7 Å². The molecule has 1 aromatic heterocycles. The number of benzene rings is 1. The van der Waals surface area contributed by atoms with E-state index in [1.807, 2.05) is 0 Å². The van der Waals surface area contributed by atoms with Crippen LogP contribution in [0.2, 0.25) is 0 Å². The van der Waals surface area contributed by atoms with Gasteiger partial charge < -0.3 is 5.32 Å². The van der Waals surface area contributed by atoms with E-state index in [1.54, 1.807) is 19.2 Å². The molecule has 0 saturated heterocycles. The summed E-state index contributed by atoms with van der Waals surface area (Å²) in [6.07, 6.45) is 1.53. The monoisotopic (exact) mass is 311 g/mol. The summed E-state index contributed by atoms with van der Waals surface area (Å²) in [5.41, 5.74) is 0.767. The molecule has 1 N–H and O–H groups in total. The zero-order valence-electron chi connectivity index (χ0n) is 9.65. The van der Waals surface area contributed by atoms with Crippen LogP contribution >= 0.6 is 15.9 Å². The molecule has 0 fully saturated rings. The molecular formula is C12H11BrFN3O. The van der Waals surface area contributed by atoms with Crippen molar-refractivity contribution >= 4 is 21.6 Å². The minimum absolute atomic E-state index is 0.105. The van der Waals surface area contributed by atoms with Crippen LogP contribution in [0.5, 0.6) is 0 Å². The highest BCUT2D eigenvalue weighted by molar-refractivity contribution is 9.10. The minimum Gasteiger partial charge on any atom is -0.387 e. The molecule has 0 radical (unpaired) electrons. The van der Waals surface area contributed by atoms with Gasteiger partial charge in [0.05, 0.1) is 18.4 Å². The molecular weight excluding hydrogens is 301 g/mol. The highest BCUT2D eigenvalue weighted by Gasteiger charge is 2.06. The molecule has 94 valence electrons. The lowest BCUT2D eigenvalue weighted by molar-refractivity contribution is 0.572. The van der Waals surface area contributed by atoms with Crippen molar-refractivity contribution < 1.29 is 4.39 Å². The van der Waals surface area contributed by atoms with Gasteiger partial charge in [0.2, 0.25) is 0 Å². The fourth-order valence-electron chi connectivity index (χ4n) is 1.51. The average Bonchev–Trinajstić information content (AvgIpc) is 2.36. The van der Waals surface area contributed by atoms with Gasteiger partial charge in [0, 0.05) is 23.2 Å². The van der Waals surface area contributed by atoms with Crippen molar-refractivity contribution in [2.24, 2.45) is 0 Å². The highest BCUT2D eigenvalue weighted by Crippen LogP contribution is 2.16. The van der Waals surface area contributed by atoms with Gasteiger partial charge in [-0.05, 0) is 18.2 Å². The molecule has 0 bridgehead atoms. The molecule has 1 heterocycles. The summed E-state index contributed by atoms with van der Waals surface area (Å²) in [7, 11) is 1.70. The second-order valence-corrected chi connectivity index (χ2v) is 4.64. The van der Waals surface area contributed by atoms with E-state index in [1.165, 1.54) is 23.0 Å². The molecule has 0 atom stereocenters. The molecule has 0 aliphatic carbocycles. The predicted molar refractivity (Wildman–Crippen MR) is 71.2 cm³/mol. The Balaban J connectivity index is 2.34. The number of anilines is 1. The number of rotatable bonds is 3. The molecule has 0 aliphatic rings. The summed E-state index contributed by atoms with van der Waals surface area (Å²) in [6.45, 7) is 0.105. The van der Waals surface area contributed by atoms with Gasteiger partial charge in [-0.3, -0.25) is 4.79 Å². The first-order valence-corrected chi connectivity index (χ1v) is 6.08. The smallest absolute Gasteiger partial charge is 0.269 e. The van der Waals surface area contributed by atoms with E-state index in [9.17, 15) is 9.18 Å². The Morgan fingerprint density at radius 2 is 2.22 bits per heavy atom. The van der Waals surface area contributed by atoms with Crippen LogP contribution in [0.1, 0.15) is 5.56 Å². The Morgan fingerprint density at radius 1 is 1.44 bits per heavy atom. The molecule has 0 unspecified atom stereocenters. The van der Waals surface area contributed by atoms with Gasteiger partial charge >= 0.3 is 0 Å². The van der Waals surface area contributed by atoms with E-state index >= 15 is 0 Å². The van der Waals surface area contributed by atoms with Crippen molar-refractivity contribution in [3.63, 3.8) is 0 Å². The lowest BCUT2D eigenvalue weighted by Crippen LogP contribution is -2.23. The second kappa shape index (κ2) is 5.30. The summed E-state index contributed by atoms with van der Waals surface area (Å²) >= 11 is 3.27. The van der Waals surface area contributed by atoms with Gasteiger partial charge in [0.25, 0.3) is 5.56 Å². The number of nitrogens with one attached hydrogen (secondary N) is 1. The fraction of sp³-hybridized carbons (Fsp3) is 0.167. The lowest BCUT2D eigenvalue weighted by atomic mass is 10.2. The third-order valence-corrected chi connectivity index (χ3v) is 2.98. The maximum Gasteiger partial charge on any atom is 0.269 e. The molecule has 4 nitrogen and oxygen atoms in total. The second-order valence-electron chi connectivity index (χ2n) is 3.73. The van der Waals surface area contributed by atoms with E-state index in [-0.39, 0.29) is 17.9 Å². The van der Waals surface area contributed by atoms with Gasteiger partial charge in [-0.25, -0.2) is 9.07 Å². The first-order chi connectivity index (χ1) is 8.60. The average molecular weight is 312 g/mol. The van der Waals surface area contributed by atoms with E-state index < -0.39 is 0 Å². The first-order valence-electron chi connectivity index (χ1n) is 5.29. The molecule has 1 aromatic carbocycles. The van der Waals surface area contributed by atoms with Gasteiger partial charge in [-0.1, -0.05) is 15.9 Å². The zero-order chi connectivity index (χ0) is 13.1. The summed E-state index contributed by atoms with van der Waals surface area (Å²) in [5.74, 6) is -0.357. The predicted octanol–water partition coefficient (Wildman–Crippen LogP) is 2.23. The Morgan fingerprint density at radius 3 is 2.89 bits per heavy atom. The molecule has 0 spiro atoms. The van der Waals surface area contributed by atoms with Crippen molar-refractivity contribution in [1.82, 2.24) is 9.78 Å². The number of halogens is 2. The van der Waals surface area contributed by atoms with Crippen LogP contribution in [0.25, 0.3) is 0 Å². The molecule has 2 aromatic rings. The van der Waals surface area contributed by atoms with Gasteiger partial charge in [0.1, 0.15) is 5.82 Å². The first kappa shape index (κ1) is 12.8. The van der Waals surface area contributed by atoms with E-state index in [0.717, 1.165) is 4.47 Å². The standard InChI is InChI=1S/C12H11BrFN3O/c1-15-10-5-12(18)17(16-6-10)7-8-4-9(13)2-3-11(8)14/h2-6,15H,7H2,1H3. The highest BCUT2D eigenvalue weighted by atomic mass is 79.9. The minimum atomic E-state index is -0.357. The molecule has 18 heavy (non-hydrogen) atoms. The molecule has 0 aliphatic heterocycles. The van der Waals surface area contributed by atoms with Crippen LogP contribution in [-0.4, -0.2) is 16.8 Å². The van der Waals surface area contributed by atoms with Gasteiger partial charge in [0.15, 0.2) is 0 Å². The summed E-state index contributed by atoms with van der Waals surface area (Å²) < 4.78 is 15.5. The van der Waals surface area contributed by atoms with Crippen LogP contribution in [0.3, 0.4) is 0 Å². The summed E-state index contributed by atoms with van der Waals surface area (Å²) in [4.78, 5) is 11.7. The Kier molecular flexibility index (Phi) is 3.76. The third-order valence-electron chi connectivity index (χ3n) is 2.49. The maximum absolute atomic E-state index is 13.6. The van der Waals surface area contributed by atoms with Crippen molar-refractivity contribution in [1.29, 1.82) is 0 Å². The fourth-order valence-corrected chi connectivity index (χ4v) is 1.92. The third kappa shape index (κ3) is 2.76. The number of hydrogen-bond donors (Lipinski definition) is 1. The van der Waals surface area contributed by atoms with Crippen LogP contribution < -0.4 is 10.9 Å². The molecule has 0 amide bonds. The molecule has 2 rings (SSSR count). The Hall–Kier alpha value is -1.69. The van der Waals surface area contributed by atoms with Crippen LogP contribution in [0, 0.1) is 5.82 Å². The van der Waals surface area contributed by atoms with Crippen LogP contribution in [0.15, 0.2) is 39.7 Å². The van der Waals surface area contributed by atoms with Crippen LogP contribution in [0.4, 0.5) is 10.1 Å². The van der Waals surface area contributed by atoms with Gasteiger partial charge in [-0.2, -0.15) is 5.10 Å². The number of nitrogens with zero attached hydrogens (tertiary/aromatic N) is 2. The van der Waals surface area contributed by atoms with Crippen molar-refractivity contribution in [3.8, 4) is 0 Å². The van der Waals surface area contributed by atoms with E-state index in [2.05, 4.69) is 26.3 Å². The SMILES string of the molecule is CNc1cnn(Cc2cc(Br)ccc2F)c(=O)c1. The van der Waals surface area contributed by atoms with E-state index in [0.29, 0.717) is 11.3 Å². The molecule has 6 heteroatoms. The van der Waals surface area contributed by atoms with Crippen molar-refractivity contribution in [2.45, 2.75) is 6.54 Å². The molecule has 0 saturated carbocycles. The summed E-state index contributed by atoms with van der Waals surface area (Å²) in [6, 6.07) is 6.02. The van der Waals surface area contributed by atoms with Crippen LogP contribution in [-0.2, 0) is 6.54 Å². The van der Waals surface area contributed by atoms with E-state index in [4.69, 9.17) is 0 Å². The normalized spacial score (nSPS) is 10.4. The quantitative estimate of drug-likeness (QED) is 0.945. The number of aromatic nitrogens is 2. The van der Waals surface area contributed by atoms with Gasteiger partial charge in [-0.15, -0.1) is 0 Å². The number of hydrogen-bond acceptors (Lipinski definition) is 3. The Bertz CT molecular complexity index is 627. The maximum atomic E-state index is 13.6. The summed E-state index contributed by atoms with van der Waals surface area (Å²) in [5, 5.41) is 6.80. The topological polar surface area (TPSA) is 46.9 Å².